The summed E-state index contributed by atoms with van der Waals surface area (Å²) in [6.07, 6.45) is 2.33. The number of hydrogen-bond donors (Lipinski definition) is 1. The molecule has 0 saturated carbocycles. The molecule has 1 atom stereocenters. The highest BCUT2D eigenvalue weighted by Gasteiger charge is 2.28. The van der Waals surface area contributed by atoms with Crippen molar-refractivity contribution < 1.29 is 9.15 Å². The standard InChI is InChI=1S/C11H16INO2/c1-11(5-2-6-14-11)8-13-7-9-3-4-10(12)15-9/h3-4,13H,2,5-8H2,1H3. The Morgan fingerprint density at radius 1 is 1.53 bits per heavy atom. The van der Waals surface area contributed by atoms with E-state index in [1.165, 1.54) is 6.42 Å². The number of ether oxygens (including phenoxy) is 1. The van der Waals surface area contributed by atoms with Crippen LogP contribution in [0.25, 0.3) is 0 Å². The third-order valence-electron chi connectivity index (χ3n) is 2.73. The minimum absolute atomic E-state index is 0.0275. The fourth-order valence-electron chi connectivity index (χ4n) is 1.87. The molecule has 84 valence electrons. The van der Waals surface area contributed by atoms with Crippen LogP contribution in [-0.2, 0) is 11.3 Å². The van der Waals surface area contributed by atoms with E-state index in [0.717, 1.165) is 35.6 Å². The first-order valence-electron chi connectivity index (χ1n) is 5.27. The number of rotatable bonds is 4. The predicted molar refractivity (Wildman–Crippen MR) is 66.7 cm³/mol. The molecule has 0 aromatic carbocycles. The van der Waals surface area contributed by atoms with Crippen LogP contribution in [0, 0.1) is 3.77 Å². The minimum Gasteiger partial charge on any atom is -0.454 e. The maximum atomic E-state index is 5.69. The van der Waals surface area contributed by atoms with Gasteiger partial charge in [-0.25, -0.2) is 0 Å². The van der Waals surface area contributed by atoms with Gasteiger partial charge >= 0.3 is 0 Å². The normalized spacial score (nSPS) is 26.0. The van der Waals surface area contributed by atoms with Gasteiger partial charge in [0.25, 0.3) is 0 Å². The van der Waals surface area contributed by atoms with E-state index in [-0.39, 0.29) is 5.60 Å². The highest BCUT2D eigenvalue weighted by Crippen LogP contribution is 2.24. The molecule has 1 unspecified atom stereocenters. The van der Waals surface area contributed by atoms with E-state index in [0.29, 0.717) is 0 Å². The Hall–Kier alpha value is -0.0700. The molecule has 1 fully saturated rings. The van der Waals surface area contributed by atoms with Gasteiger partial charge in [-0.05, 0) is 54.5 Å². The molecule has 1 N–H and O–H groups in total. The van der Waals surface area contributed by atoms with Crippen LogP contribution in [0.4, 0.5) is 0 Å². The Labute approximate surface area is 104 Å². The minimum atomic E-state index is 0.0275. The molecule has 0 spiro atoms. The number of halogens is 1. The maximum absolute atomic E-state index is 5.69. The molecule has 1 aliphatic heterocycles. The summed E-state index contributed by atoms with van der Waals surface area (Å²) in [5.41, 5.74) is 0.0275. The highest BCUT2D eigenvalue weighted by molar-refractivity contribution is 14.1. The van der Waals surface area contributed by atoms with Crippen molar-refractivity contribution in [3.8, 4) is 0 Å². The van der Waals surface area contributed by atoms with Crippen molar-refractivity contribution in [2.24, 2.45) is 0 Å². The van der Waals surface area contributed by atoms with E-state index in [1.54, 1.807) is 0 Å². The molecule has 3 nitrogen and oxygen atoms in total. The number of furan rings is 1. The van der Waals surface area contributed by atoms with Gasteiger partial charge in [0.1, 0.15) is 5.76 Å². The van der Waals surface area contributed by atoms with Crippen LogP contribution in [0.5, 0.6) is 0 Å². The summed E-state index contributed by atoms with van der Waals surface area (Å²) in [7, 11) is 0. The van der Waals surface area contributed by atoms with Crippen LogP contribution in [0.1, 0.15) is 25.5 Å². The van der Waals surface area contributed by atoms with Crippen molar-refractivity contribution in [2.45, 2.75) is 31.9 Å². The van der Waals surface area contributed by atoms with E-state index in [4.69, 9.17) is 9.15 Å². The van der Waals surface area contributed by atoms with Gasteiger partial charge in [-0.1, -0.05) is 0 Å². The molecule has 4 heteroatoms. The van der Waals surface area contributed by atoms with E-state index < -0.39 is 0 Å². The predicted octanol–water partition coefficient (Wildman–Crippen LogP) is 2.54. The van der Waals surface area contributed by atoms with Gasteiger partial charge in [-0.15, -0.1) is 0 Å². The summed E-state index contributed by atoms with van der Waals surface area (Å²) in [6.45, 7) is 4.74. The number of nitrogens with one attached hydrogen (secondary N) is 1. The lowest BCUT2D eigenvalue weighted by Crippen LogP contribution is -2.36. The molecule has 1 aromatic heterocycles. The lowest BCUT2D eigenvalue weighted by atomic mass is 10.0. The van der Waals surface area contributed by atoms with E-state index in [2.05, 4.69) is 34.8 Å². The fraction of sp³-hybridized carbons (Fsp3) is 0.636. The lowest BCUT2D eigenvalue weighted by molar-refractivity contribution is 0.0204. The van der Waals surface area contributed by atoms with E-state index in [1.807, 2.05) is 12.1 Å². The van der Waals surface area contributed by atoms with Crippen LogP contribution in [0.3, 0.4) is 0 Å². The SMILES string of the molecule is CC1(CNCc2ccc(I)o2)CCCO1. The summed E-state index contributed by atoms with van der Waals surface area (Å²) < 4.78 is 12.1. The Morgan fingerprint density at radius 2 is 2.40 bits per heavy atom. The molecule has 2 rings (SSSR count). The average molecular weight is 321 g/mol. The van der Waals surface area contributed by atoms with Gasteiger partial charge in [0, 0.05) is 13.2 Å². The van der Waals surface area contributed by atoms with Crippen molar-refractivity contribution in [1.82, 2.24) is 5.32 Å². The van der Waals surface area contributed by atoms with Crippen LogP contribution < -0.4 is 5.32 Å². The van der Waals surface area contributed by atoms with Crippen molar-refractivity contribution >= 4 is 22.6 Å². The molecule has 0 bridgehead atoms. The van der Waals surface area contributed by atoms with Gasteiger partial charge in [0.15, 0.2) is 3.77 Å². The fourth-order valence-corrected chi connectivity index (χ4v) is 2.34. The zero-order valence-corrected chi connectivity index (χ0v) is 11.0. The number of hydrogen-bond acceptors (Lipinski definition) is 3. The quantitative estimate of drug-likeness (QED) is 0.866. The zero-order valence-electron chi connectivity index (χ0n) is 8.88. The molecule has 1 saturated heterocycles. The Kier molecular flexibility index (Phi) is 3.69. The monoisotopic (exact) mass is 321 g/mol. The lowest BCUT2D eigenvalue weighted by Gasteiger charge is -2.23. The second-order valence-corrected chi connectivity index (χ2v) is 5.27. The largest absolute Gasteiger partial charge is 0.454 e. The van der Waals surface area contributed by atoms with Crippen molar-refractivity contribution in [3.63, 3.8) is 0 Å². The van der Waals surface area contributed by atoms with Crippen molar-refractivity contribution in [1.29, 1.82) is 0 Å². The van der Waals surface area contributed by atoms with Crippen molar-refractivity contribution in [3.05, 3.63) is 21.7 Å². The van der Waals surface area contributed by atoms with Crippen LogP contribution in [0.2, 0.25) is 0 Å². The molecule has 0 aliphatic carbocycles. The molecule has 0 radical (unpaired) electrons. The first-order valence-corrected chi connectivity index (χ1v) is 6.35. The third-order valence-corrected chi connectivity index (χ3v) is 3.31. The summed E-state index contributed by atoms with van der Waals surface area (Å²) in [5.74, 6) is 0.987. The average Bonchev–Trinajstić information content (AvgIpc) is 2.76. The van der Waals surface area contributed by atoms with Crippen molar-refractivity contribution in [2.75, 3.05) is 13.2 Å². The molecule has 0 amide bonds. The summed E-state index contributed by atoms with van der Waals surface area (Å²) in [5, 5.41) is 3.38. The van der Waals surface area contributed by atoms with Crippen LogP contribution >= 0.6 is 22.6 Å². The topological polar surface area (TPSA) is 34.4 Å². The maximum Gasteiger partial charge on any atom is 0.164 e. The second kappa shape index (κ2) is 4.84. The molecule has 1 aromatic rings. The first-order chi connectivity index (χ1) is 7.18. The summed E-state index contributed by atoms with van der Waals surface area (Å²) in [6, 6.07) is 3.98. The molecule has 15 heavy (non-hydrogen) atoms. The van der Waals surface area contributed by atoms with Gasteiger partial charge < -0.3 is 14.5 Å². The summed E-state index contributed by atoms with van der Waals surface area (Å²) >= 11 is 2.17. The third kappa shape index (κ3) is 3.19. The molecule has 1 aliphatic rings. The molecule has 2 heterocycles. The van der Waals surface area contributed by atoms with Crippen LogP contribution in [-0.4, -0.2) is 18.8 Å². The zero-order chi connectivity index (χ0) is 10.7. The molecular weight excluding hydrogens is 305 g/mol. The Morgan fingerprint density at radius 3 is 3.00 bits per heavy atom. The van der Waals surface area contributed by atoms with Gasteiger partial charge in [-0.2, -0.15) is 0 Å². The smallest absolute Gasteiger partial charge is 0.164 e. The van der Waals surface area contributed by atoms with E-state index in [9.17, 15) is 0 Å². The highest BCUT2D eigenvalue weighted by atomic mass is 127. The second-order valence-electron chi connectivity index (χ2n) is 4.21. The van der Waals surface area contributed by atoms with Crippen LogP contribution in [0.15, 0.2) is 16.5 Å². The van der Waals surface area contributed by atoms with Gasteiger partial charge in [0.2, 0.25) is 0 Å². The van der Waals surface area contributed by atoms with Gasteiger partial charge in [0.05, 0.1) is 12.1 Å². The van der Waals surface area contributed by atoms with Gasteiger partial charge in [-0.3, -0.25) is 0 Å². The Balaban J connectivity index is 1.75. The summed E-state index contributed by atoms with van der Waals surface area (Å²) in [4.78, 5) is 0. The first kappa shape index (κ1) is 11.4. The Bertz CT molecular complexity index is 318. The molecular formula is C11H16INO2. The van der Waals surface area contributed by atoms with E-state index >= 15 is 0 Å².